The minimum Gasteiger partial charge on any atom is -0.470 e. The van der Waals surface area contributed by atoms with Gasteiger partial charge in [0.1, 0.15) is 18.3 Å². The second-order valence-corrected chi connectivity index (χ2v) is 2.75. The number of ether oxygens (including phenoxy) is 2. The summed E-state index contributed by atoms with van der Waals surface area (Å²) < 4.78 is 9.42. The predicted octanol–water partition coefficient (Wildman–Crippen LogP) is -1.60. The molecule has 7 nitrogen and oxygen atoms in total. The summed E-state index contributed by atoms with van der Waals surface area (Å²) in [7, 11) is 0. The number of hydrogen-bond acceptors (Lipinski definition) is 7. The molecular formula is C7H12O7. The highest BCUT2D eigenvalue weighted by Crippen LogP contribution is 2.22. The zero-order valence-electron chi connectivity index (χ0n) is 7.18. The van der Waals surface area contributed by atoms with E-state index in [1.165, 1.54) is 0 Å². The van der Waals surface area contributed by atoms with E-state index < -0.39 is 30.9 Å². The van der Waals surface area contributed by atoms with Crippen molar-refractivity contribution in [2.75, 3.05) is 0 Å². The van der Waals surface area contributed by atoms with Gasteiger partial charge in [-0.05, 0) is 0 Å². The fraction of sp³-hybridized carbons (Fsp3) is 0.714. The van der Waals surface area contributed by atoms with Crippen LogP contribution in [-0.2, 0) is 14.4 Å². The molecule has 1 saturated heterocycles. The maximum atomic E-state index is 9.31. The highest BCUT2D eigenvalue weighted by molar-refractivity contribution is 4.85. The minimum absolute atomic E-state index is 0.993. The van der Waals surface area contributed by atoms with Crippen LogP contribution in [0, 0.1) is 0 Å². The SMILES string of the molecule is C=COC1OC(OO)C(O)C(O)C1O. The van der Waals surface area contributed by atoms with Crippen LogP contribution in [0.15, 0.2) is 12.8 Å². The Labute approximate surface area is 79.7 Å². The first-order valence-corrected chi connectivity index (χ1v) is 3.88. The molecule has 82 valence electrons. The van der Waals surface area contributed by atoms with Crippen molar-refractivity contribution in [1.29, 1.82) is 0 Å². The van der Waals surface area contributed by atoms with Gasteiger partial charge in [-0.2, -0.15) is 0 Å². The summed E-state index contributed by atoms with van der Waals surface area (Å²) in [5, 5.41) is 36.1. The molecule has 0 aromatic carbocycles. The fourth-order valence-electron chi connectivity index (χ4n) is 1.11. The van der Waals surface area contributed by atoms with Gasteiger partial charge in [0.05, 0.1) is 6.26 Å². The number of rotatable bonds is 3. The molecular weight excluding hydrogens is 196 g/mol. The van der Waals surface area contributed by atoms with Gasteiger partial charge in [0, 0.05) is 0 Å². The van der Waals surface area contributed by atoms with Crippen molar-refractivity contribution in [2.45, 2.75) is 30.9 Å². The van der Waals surface area contributed by atoms with Crippen molar-refractivity contribution in [2.24, 2.45) is 0 Å². The Bertz CT molecular complexity index is 194. The normalized spacial score (nSPS) is 43.3. The van der Waals surface area contributed by atoms with Gasteiger partial charge < -0.3 is 24.8 Å². The van der Waals surface area contributed by atoms with Gasteiger partial charge >= 0.3 is 0 Å². The van der Waals surface area contributed by atoms with Crippen molar-refractivity contribution >= 4 is 0 Å². The van der Waals surface area contributed by atoms with E-state index in [4.69, 9.17) is 9.99 Å². The molecule has 0 radical (unpaired) electrons. The van der Waals surface area contributed by atoms with Crippen molar-refractivity contribution in [3.8, 4) is 0 Å². The Morgan fingerprint density at radius 2 is 1.64 bits per heavy atom. The lowest BCUT2D eigenvalue weighted by Crippen LogP contribution is -2.58. The van der Waals surface area contributed by atoms with Crippen molar-refractivity contribution in [3.63, 3.8) is 0 Å². The van der Waals surface area contributed by atoms with E-state index in [-0.39, 0.29) is 0 Å². The molecule has 0 amide bonds. The molecule has 14 heavy (non-hydrogen) atoms. The third-order valence-electron chi connectivity index (χ3n) is 1.86. The molecule has 1 heterocycles. The van der Waals surface area contributed by atoms with E-state index in [0.29, 0.717) is 0 Å². The van der Waals surface area contributed by atoms with Gasteiger partial charge in [-0.15, -0.1) is 0 Å². The maximum Gasteiger partial charge on any atom is 0.230 e. The Balaban J connectivity index is 2.67. The fourth-order valence-corrected chi connectivity index (χ4v) is 1.11. The average Bonchev–Trinajstić information content (AvgIpc) is 2.19. The lowest BCUT2D eigenvalue weighted by Gasteiger charge is -2.37. The van der Waals surface area contributed by atoms with Crippen LogP contribution in [0.2, 0.25) is 0 Å². The molecule has 5 atom stereocenters. The second-order valence-electron chi connectivity index (χ2n) is 2.75. The average molecular weight is 208 g/mol. The molecule has 5 unspecified atom stereocenters. The van der Waals surface area contributed by atoms with Crippen LogP contribution in [0.4, 0.5) is 0 Å². The van der Waals surface area contributed by atoms with Crippen LogP contribution in [0.5, 0.6) is 0 Å². The summed E-state index contributed by atoms with van der Waals surface area (Å²) in [6.45, 7) is 3.22. The van der Waals surface area contributed by atoms with Crippen LogP contribution in [0.1, 0.15) is 0 Å². The molecule has 0 bridgehead atoms. The highest BCUT2D eigenvalue weighted by Gasteiger charge is 2.45. The largest absolute Gasteiger partial charge is 0.470 e. The molecule has 1 fully saturated rings. The maximum absolute atomic E-state index is 9.31. The summed E-state index contributed by atoms with van der Waals surface area (Å²) in [5.74, 6) is 0. The first-order valence-electron chi connectivity index (χ1n) is 3.88. The van der Waals surface area contributed by atoms with E-state index in [1.807, 2.05) is 0 Å². The van der Waals surface area contributed by atoms with E-state index in [2.05, 4.69) is 16.2 Å². The molecule has 0 aromatic rings. The molecule has 0 aromatic heterocycles. The van der Waals surface area contributed by atoms with Gasteiger partial charge in [0.15, 0.2) is 0 Å². The number of aliphatic hydroxyl groups is 3. The summed E-state index contributed by atoms with van der Waals surface area (Å²) in [4.78, 5) is 3.74. The molecule has 7 heteroatoms. The first-order chi connectivity index (χ1) is 6.61. The molecule has 1 rings (SSSR count). The lowest BCUT2D eigenvalue weighted by atomic mass is 10.0. The van der Waals surface area contributed by atoms with Crippen molar-refractivity contribution in [1.82, 2.24) is 0 Å². The van der Waals surface area contributed by atoms with Crippen molar-refractivity contribution in [3.05, 3.63) is 12.8 Å². The Kier molecular flexibility index (Phi) is 3.81. The molecule has 0 spiro atoms. The first kappa shape index (κ1) is 11.4. The van der Waals surface area contributed by atoms with Gasteiger partial charge in [0.25, 0.3) is 0 Å². The molecule has 0 saturated carbocycles. The number of hydrogen-bond donors (Lipinski definition) is 4. The van der Waals surface area contributed by atoms with Crippen molar-refractivity contribution < 1.29 is 34.9 Å². The summed E-state index contributed by atoms with van der Waals surface area (Å²) in [6, 6.07) is 0. The Hall–Kier alpha value is -0.700. The zero-order chi connectivity index (χ0) is 10.7. The molecule has 4 N–H and O–H groups in total. The third kappa shape index (κ3) is 2.03. The number of aliphatic hydroxyl groups excluding tert-OH is 3. The molecule has 1 aliphatic rings. The Morgan fingerprint density at radius 1 is 1.07 bits per heavy atom. The van der Waals surface area contributed by atoms with Gasteiger partial charge in [-0.1, -0.05) is 6.58 Å². The molecule has 0 aliphatic carbocycles. The van der Waals surface area contributed by atoms with Crippen LogP contribution in [-0.4, -0.2) is 51.5 Å². The van der Waals surface area contributed by atoms with E-state index in [9.17, 15) is 15.3 Å². The molecule has 1 aliphatic heterocycles. The van der Waals surface area contributed by atoms with Crippen LogP contribution >= 0.6 is 0 Å². The third-order valence-corrected chi connectivity index (χ3v) is 1.86. The van der Waals surface area contributed by atoms with E-state index in [0.717, 1.165) is 6.26 Å². The van der Waals surface area contributed by atoms with Gasteiger partial charge in [0.2, 0.25) is 12.6 Å². The standard InChI is InChI=1S/C7H12O7/c1-2-12-6-4(9)3(8)5(10)7(13-6)14-11/h2-11H,1H2. The summed E-state index contributed by atoms with van der Waals surface area (Å²) in [5.41, 5.74) is 0. The summed E-state index contributed by atoms with van der Waals surface area (Å²) in [6.07, 6.45) is -6.27. The topological polar surface area (TPSA) is 109 Å². The smallest absolute Gasteiger partial charge is 0.230 e. The Morgan fingerprint density at radius 3 is 2.14 bits per heavy atom. The monoisotopic (exact) mass is 208 g/mol. The van der Waals surface area contributed by atoms with Gasteiger partial charge in [-0.25, -0.2) is 10.1 Å². The second kappa shape index (κ2) is 4.69. The highest BCUT2D eigenvalue weighted by atomic mass is 17.1. The van der Waals surface area contributed by atoms with Crippen LogP contribution in [0.3, 0.4) is 0 Å². The summed E-state index contributed by atoms with van der Waals surface area (Å²) >= 11 is 0. The minimum atomic E-state index is -1.56. The van der Waals surface area contributed by atoms with E-state index >= 15 is 0 Å². The van der Waals surface area contributed by atoms with Crippen LogP contribution in [0.25, 0.3) is 0 Å². The van der Waals surface area contributed by atoms with Crippen LogP contribution < -0.4 is 0 Å². The lowest BCUT2D eigenvalue weighted by molar-refractivity contribution is -0.423. The predicted molar refractivity (Wildman–Crippen MR) is 41.7 cm³/mol. The van der Waals surface area contributed by atoms with Gasteiger partial charge in [-0.3, -0.25) is 0 Å². The quantitative estimate of drug-likeness (QED) is 0.251. The zero-order valence-corrected chi connectivity index (χ0v) is 7.18. The van der Waals surface area contributed by atoms with E-state index in [1.54, 1.807) is 0 Å².